The van der Waals surface area contributed by atoms with Gasteiger partial charge in [0.2, 0.25) is 5.91 Å². The molecular formula is C24H22N6O2. The fourth-order valence-corrected chi connectivity index (χ4v) is 3.65. The van der Waals surface area contributed by atoms with Crippen LogP contribution in [0.4, 0.5) is 11.5 Å². The molecule has 4 rings (SSSR count). The molecule has 8 heteroatoms. The van der Waals surface area contributed by atoms with Gasteiger partial charge in [0.15, 0.2) is 0 Å². The zero-order chi connectivity index (χ0) is 22.7. The van der Waals surface area contributed by atoms with E-state index in [9.17, 15) is 14.9 Å². The molecule has 0 radical (unpaired) electrons. The van der Waals surface area contributed by atoms with Gasteiger partial charge in [-0.3, -0.25) is 14.6 Å². The summed E-state index contributed by atoms with van der Waals surface area (Å²) in [7, 11) is 1.69. The van der Waals surface area contributed by atoms with Crippen LogP contribution >= 0.6 is 0 Å². The number of anilines is 2. The number of hydrogen-bond acceptors (Lipinski definition) is 6. The Bertz CT molecular complexity index is 1220. The number of carbonyl (C=O) groups excluding carboxylic acids is 2. The van der Waals surface area contributed by atoms with E-state index in [4.69, 9.17) is 0 Å². The van der Waals surface area contributed by atoms with E-state index in [1.807, 2.05) is 23.1 Å². The van der Waals surface area contributed by atoms with Crippen molar-refractivity contribution in [3.05, 3.63) is 71.5 Å². The summed E-state index contributed by atoms with van der Waals surface area (Å²) < 4.78 is 0. The van der Waals surface area contributed by atoms with Gasteiger partial charge in [0.1, 0.15) is 5.82 Å². The Labute approximate surface area is 186 Å². The van der Waals surface area contributed by atoms with Gasteiger partial charge in [0.05, 0.1) is 35.1 Å². The fourth-order valence-electron chi connectivity index (χ4n) is 3.65. The van der Waals surface area contributed by atoms with E-state index in [-0.39, 0.29) is 18.4 Å². The van der Waals surface area contributed by atoms with Crippen molar-refractivity contribution in [3.8, 4) is 17.3 Å². The molecule has 160 valence electrons. The van der Waals surface area contributed by atoms with Crippen LogP contribution in [0.2, 0.25) is 0 Å². The van der Waals surface area contributed by atoms with E-state index < -0.39 is 0 Å². The summed E-state index contributed by atoms with van der Waals surface area (Å²) in [6.07, 6.45) is 1.67. The Morgan fingerprint density at radius 3 is 2.75 bits per heavy atom. The van der Waals surface area contributed by atoms with Gasteiger partial charge in [-0.05, 0) is 49.4 Å². The van der Waals surface area contributed by atoms with Crippen molar-refractivity contribution in [2.24, 2.45) is 0 Å². The number of pyridine rings is 2. The quantitative estimate of drug-likeness (QED) is 0.688. The fraction of sp³-hybridized carbons (Fsp3) is 0.208. The first-order valence-corrected chi connectivity index (χ1v) is 10.2. The van der Waals surface area contributed by atoms with Gasteiger partial charge in [0, 0.05) is 37.6 Å². The van der Waals surface area contributed by atoms with Gasteiger partial charge >= 0.3 is 0 Å². The predicted molar refractivity (Wildman–Crippen MR) is 121 cm³/mol. The van der Waals surface area contributed by atoms with E-state index in [0.717, 1.165) is 0 Å². The van der Waals surface area contributed by atoms with Crippen molar-refractivity contribution < 1.29 is 9.59 Å². The first kappa shape index (κ1) is 21.0. The van der Waals surface area contributed by atoms with Crippen molar-refractivity contribution in [3.63, 3.8) is 0 Å². The minimum absolute atomic E-state index is 0.0416. The molecule has 0 spiro atoms. The van der Waals surface area contributed by atoms with Crippen molar-refractivity contribution in [1.82, 2.24) is 15.3 Å². The standard InChI is InChI=1S/C24H22N6O2/c1-16-19(8-9-22(28-16)30-12-11-27-23(31)15-30)24(32)29(2)18-7-6-17(14-25)20(13-18)21-5-3-4-10-26-21/h3-10,13H,11-12,15H2,1-2H3,(H,27,31). The number of nitrogens with zero attached hydrogens (tertiary/aromatic N) is 5. The van der Waals surface area contributed by atoms with E-state index in [2.05, 4.69) is 21.4 Å². The highest BCUT2D eigenvalue weighted by Crippen LogP contribution is 2.28. The number of piperazine rings is 1. The van der Waals surface area contributed by atoms with Gasteiger partial charge in [-0.15, -0.1) is 0 Å². The summed E-state index contributed by atoms with van der Waals surface area (Å²) in [6.45, 7) is 3.28. The van der Waals surface area contributed by atoms with Crippen LogP contribution in [0.15, 0.2) is 54.7 Å². The van der Waals surface area contributed by atoms with Gasteiger partial charge in [-0.1, -0.05) is 6.07 Å². The Balaban J connectivity index is 1.61. The number of rotatable bonds is 4. The van der Waals surface area contributed by atoms with Crippen LogP contribution in [0.25, 0.3) is 11.3 Å². The number of nitriles is 1. The van der Waals surface area contributed by atoms with Crippen LogP contribution in [-0.4, -0.2) is 48.5 Å². The average molecular weight is 426 g/mol. The summed E-state index contributed by atoms with van der Waals surface area (Å²) in [5.74, 6) is 0.419. The lowest BCUT2D eigenvalue weighted by atomic mass is 10.0. The maximum Gasteiger partial charge on any atom is 0.259 e. The smallest absolute Gasteiger partial charge is 0.259 e. The molecule has 32 heavy (non-hydrogen) atoms. The second kappa shape index (κ2) is 8.86. The molecule has 0 unspecified atom stereocenters. The second-order valence-electron chi connectivity index (χ2n) is 7.49. The minimum Gasteiger partial charge on any atom is -0.353 e. The first-order chi connectivity index (χ1) is 15.5. The van der Waals surface area contributed by atoms with E-state index >= 15 is 0 Å². The number of hydrogen-bond donors (Lipinski definition) is 1. The molecule has 3 aromatic rings. The molecular weight excluding hydrogens is 404 g/mol. The highest BCUT2D eigenvalue weighted by molar-refractivity contribution is 6.06. The molecule has 2 amide bonds. The number of amides is 2. The molecule has 0 saturated carbocycles. The highest BCUT2D eigenvalue weighted by Gasteiger charge is 2.21. The monoisotopic (exact) mass is 426 g/mol. The molecule has 1 aliphatic heterocycles. The molecule has 1 aromatic carbocycles. The van der Waals surface area contributed by atoms with Crippen molar-refractivity contribution in [2.75, 3.05) is 36.5 Å². The Morgan fingerprint density at radius 1 is 1.22 bits per heavy atom. The molecule has 1 aliphatic rings. The Hall–Kier alpha value is -4.25. The Kier molecular flexibility index (Phi) is 5.81. The zero-order valence-electron chi connectivity index (χ0n) is 17.9. The van der Waals surface area contributed by atoms with Crippen molar-refractivity contribution in [1.29, 1.82) is 5.26 Å². The van der Waals surface area contributed by atoms with Gasteiger partial charge < -0.3 is 15.1 Å². The Morgan fingerprint density at radius 2 is 2.06 bits per heavy atom. The lowest BCUT2D eigenvalue weighted by Crippen LogP contribution is -2.48. The number of carbonyl (C=O) groups is 2. The predicted octanol–water partition coefficient (Wildman–Crippen LogP) is 2.54. The SMILES string of the molecule is Cc1nc(N2CCNC(=O)C2)ccc1C(=O)N(C)c1ccc(C#N)c(-c2ccccn2)c1. The van der Waals surface area contributed by atoms with E-state index in [1.54, 1.807) is 50.5 Å². The summed E-state index contributed by atoms with van der Waals surface area (Å²) in [5, 5.41) is 12.3. The van der Waals surface area contributed by atoms with E-state index in [1.165, 1.54) is 4.90 Å². The summed E-state index contributed by atoms with van der Waals surface area (Å²) >= 11 is 0. The van der Waals surface area contributed by atoms with Crippen molar-refractivity contribution >= 4 is 23.3 Å². The molecule has 0 aliphatic carbocycles. The topological polar surface area (TPSA) is 102 Å². The maximum absolute atomic E-state index is 13.2. The number of aromatic nitrogens is 2. The molecule has 0 atom stereocenters. The molecule has 1 saturated heterocycles. The summed E-state index contributed by atoms with van der Waals surface area (Å²) in [6, 6.07) is 16.4. The van der Waals surface area contributed by atoms with Crippen LogP contribution in [0.5, 0.6) is 0 Å². The number of aryl methyl sites for hydroxylation is 1. The average Bonchev–Trinajstić information content (AvgIpc) is 2.83. The summed E-state index contributed by atoms with van der Waals surface area (Å²) in [4.78, 5) is 37.2. The normalized spacial score (nSPS) is 13.3. The first-order valence-electron chi connectivity index (χ1n) is 10.2. The zero-order valence-corrected chi connectivity index (χ0v) is 17.9. The third kappa shape index (κ3) is 4.14. The summed E-state index contributed by atoms with van der Waals surface area (Å²) in [5.41, 5.74) is 3.52. The third-order valence-corrected chi connectivity index (χ3v) is 5.42. The van der Waals surface area contributed by atoms with Gasteiger partial charge in [-0.25, -0.2) is 4.98 Å². The largest absolute Gasteiger partial charge is 0.353 e. The molecule has 1 N–H and O–H groups in total. The lowest BCUT2D eigenvalue weighted by molar-refractivity contribution is -0.120. The van der Waals surface area contributed by atoms with Crippen LogP contribution in [0.3, 0.4) is 0 Å². The van der Waals surface area contributed by atoms with Crippen LogP contribution < -0.4 is 15.1 Å². The van der Waals surface area contributed by atoms with Crippen LogP contribution in [0, 0.1) is 18.3 Å². The van der Waals surface area contributed by atoms with E-state index in [0.29, 0.717) is 52.7 Å². The highest BCUT2D eigenvalue weighted by atomic mass is 16.2. The third-order valence-electron chi connectivity index (χ3n) is 5.42. The van der Waals surface area contributed by atoms with Gasteiger partial charge in [-0.2, -0.15) is 5.26 Å². The lowest BCUT2D eigenvalue weighted by Gasteiger charge is -2.28. The molecule has 0 bridgehead atoms. The minimum atomic E-state index is -0.213. The molecule has 3 heterocycles. The van der Waals surface area contributed by atoms with Gasteiger partial charge in [0.25, 0.3) is 5.91 Å². The van der Waals surface area contributed by atoms with Crippen LogP contribution in [-0.2, 0) is 4.79 Å². The maximum atomic E-state index is 13.2. The molecule has 8 nitrogen and oxygen atoms in total. The molecule has 2 aromatic heterocycles. The van der Waals surface area contributed by atoms with Crippen LogP contribution in [0.1, 0.15) is 21.6 Å². The molecule has 1 fully saturated rings. The number of nitrogens with one attached hydrogen (secondary N) is 1. The second-order valence-corrected chi connectivity index (χ2v) is 7.49. The number of benzene rings is 1. The van der Waals surface area contributed by atoms with Crippen molar-refractivity contribution in [2.45, 2.75) is 6.92 Å².